The summed E-state index contributed by atoms with van der Waals surface area (Å²) in [5, 5.41) is 6.90. The highest BCUT2D eigenvalue weighted by Crippen LogP contribution is 2.34. The Morgan fingerprint density at radius 3 is 3.00 bits per heavy atom. The van der Waals surface area contributed by atoms with E-state index in [2.05, 4.69) is 29.3 Å². The van der Waals surface area contributed by atoms with Gasteiger partial charge in [-0.1, -0.05) is 6.07 Å². The molecule has 0 amide bonds. The van der Waals surface area contributed by atoms with Crippen LogP contribution in [0.2, 0.25) is 0 Å². The molecule has 0 saturated carbocycles. The summed E-state index contributed by atoms with van der Waals surface area (Å²) < 4.78 is 10.2. The lowest BCUT2D eigenvalue weighted by Gasteiger charge is -2.23. The van der Waals surface area contributed by atoms with Crippen LogP contribution in [-0.2, 0) is 13.2 Å². The molecule has 3 aromatic rings. The van der Waals surface area contributed by atoms with Crippen molar-refractivity contribution in [2.75, 3.05) is 6.54 Å². The van der Waals surface area contributed by atoms with Crippen LogP contribution in [0.4, 0.5) is 0 Å². The highest BCUT2D eigenvalue weighted by molar-refractivity contribution is 7.71. The van der Waals surface area contributed by atoms with Crippen molar-refractivity contribution in [3.63, 3.8) is 0 Å². The lowest BCUT2D eigenvalue weighted by Crippen LogP contribution is -2.26. The molecule has 1 saturated heterocycles. The van der Waals surface area contributed by atoms with E-state index in [-0.39, 0.29) is 0 Å². The first-order chi connectivity index (χ1) is 11.8. The van der Waals surface area contributed by atoms with Crippen LogP contribution in [0, 0.1) is 4.77 Å². The van der Waals surface area contributed by atoms with E-state index in [1.54, 1.807) is 6.26 Å². The van der Waals surface area contributed by atoms with Gasteiger partial charge >= 0.3 is 0 Å². The summed E-state index contributed by atoms with van der Waals surface area (Å²) in [6, 6.07) is 8.64. The van der Waals surface area contributed by atoms with E-state index in [0.717, 1.165) is 36.1 Å². The van der Waals surface area contributed by atoms with Gasteiger partial charge in [0.15, 0.2) is 16.4 Å². The van der Waals surface area contributed by atoms with Gasteiger partial charge < -0.3 is 4.42 Å². The zero-order chi connectivity index (χ0) is 16.5. The second kappa shape index (κ2) is 6.66. The predicted molar refractivity (Wildman–Crippen MR) is 97.4 cm³/mol. The molecule has 24 heavy (non-hydrogen) atoms. The van der Waals surface area contributed by atoms with Crippen LogP contribution >= 0.6 is 23.6 Å². The van der Waals surface area contributed by atoms with Gasteiger partial charge in [-0.05, 0) is 55.6 Å². The average molecular weight is 361 g/mol. The van der Waals surface area contributed by atoms with Crippen molar-refractivity contribution < 1.29 is 4.42 Å². The molecular weight excluding hydrogens is 340 g/mol. The van der Waals surface area contributed by atoms with E-state index < -0.39 is 0 Å². The number of likely N-dealkylation sites (tertiary alicyclic amines) is 1. The van der Waals surface area contributed by atoms with E-state index in [0.29, 0.717) is 6.04 Å². The molecule has 126 valence electrons. The molecule has 1 fully saturated rings. The molecule has 4 heterocycles. The van der Waals surface area contributed by atoms with Gasteiger partial charge in [0.05, 0.1) is 12.9 Å². The first-order valence-corrected chi connectivity index (χ1v) is 9.55. The molecule has 1 aliphatic heterocycles. The highest BCUT2D eigenvalue weighted by atomic mass is 32.1. The molecule has 1 atom stereocenters. The van der Waals surface area contributed by atoms with E-state index in [4.69, 9.17) is 21.7 Å². The first kappa shape index (κ1) is 15.8. The Morgan fingerprint density at radius 1 is 1.38 bits per heavy atom. The summed E-state index contributed by atoms with van der Waals surface area (Å²) in [6.45, 7) is 4.67. The second-order valence-electron chi connectivity index (χ2n) is 5.95. The van der Waals surface area contributed by atoms with Crippen LogP contribution in [0.3, 0.4) is 0 Å². The summed E-state index contributed by atoms with van der Waals surface area (Å²) in [4.78, 5) is 3.90. The Bertz CT molecular complexity index is 848. The number of hydrogen-bond acceptors (Lipinski definition) is 5. The molecule has 5 nitrogen and oxygen atoms in total. The Morgan fingerprint density at radius 2 is 2.29 bits per heavy atom. The van der Waals surface area contributed by atoms with Crippen LogP contribution in [0.25, 0.3) is 11.6 Å². The van der Waals surface area contributed by atoms with Gasteiger partial charge in [-0.15, -0.1) is 16.4 Å². The zero-order valence-electron chi connectivity index (χ0n) is 13.6. The van der Waals surface area contributed by atoms with Crippen LogP contribution in [0.1, 0.15) is 30.7 Å². The molecular formula is C17H20N4OS2. The van der Waals surface area contributed by atoms with Crippen LogP contribution in [0.15, 0.2) is 40.3 Å². The van der Waals surface area contributed by atoms with Crippen molar-refractivity contribution in [1.82, 2.24) is 19.2 Å². The quantitative estimate of drug-likeness (QED) is 0.626. The van der Waals surface area contributed by atoms with E-state index in [1.807, 2.05) is 32.7 Å². The van der Waals surface area contributed by atoms with Gasteiger partial charge in [0.2, 0.25) is 0 Å². The maximum atomic E-state index is 5.66. The van der Waals surface area contributed by atoms with Gasteiger partial charge in [0.25, 0.3) is 0 Å². The normalized spacial score (nSPS) is 18.5. The van der Waals surface area contributed by atoms with E-state index >= 15 is 0 Å². The number of rotatable bonds is 5. The van der Waals surface area contributed by atoms with Gasteiger partial charge in [-0.3, -0.25) is 9.47 Å². The standard InChI is InChI=1S/C17H20N4OS2/c1-2-20-16(14-7-4-10-22-14)18-21(17(20)23)12-19-9-3-6-13(19)15-8-5-11-24-15/h4-5,7-8,10-11,13H,2-3,6,9,12H2,1H3/t13-/m0/s1. The largest absolute Gasteiger partial charge is 0.461 e. The van der Waals surface area contributed by atoms with Crippen molar-refractivity contribution in [1.29, 1.82) is 0 Å². The maximum Gasteiger partial charge on any atom is 0.199 e. The maximum absolute atomic E-state index is 5.66. The smallest absolute Gasteiger partial charge is 0.199 e. The Hall–Kier alpha value is -1.70. The van der Waals surface area contributed by atoms with Gasteiger partial charge in [0, 0.05) is 24.0 Å². The van der Waals surface area contributed by atoms with Crippen molar-refractivity contribution in [3.8, 4) is 11.6 Å². The fourth-order valence-electron chi connectivity index (χ4n) is 3.38. The van der Waals surface area contributed by atoms with Gasteiger partial charge in [-0.25, -0.2) is 4.68 Å². The van der Waals surface area contributed by atoms with Crippen LogP contribution in [-0.4, -0.2) is 25.8 Å². The molecule has 0 aliphatic carbocycles. The van der Waals surface area contributed by atoms with Crippen molar-refractivity contribution in [3.05, 3.63) is 45.6 Å². The Balaban J connectivity index is 1.64. The zero-order valence-corrected chi connectivity index (χ0v) is 15.2. The third kappa shape index (κ3) is 2.76. The average Bonchev–Trinajstić information content (AvgIpc) is 3.36. The number of hydrogen-bond donors (Lipinski definition) is 0. The van der Waals surface area contributed by atoms with Crippen molar-refractivity contribution in [2.24, 2.45) is 0 Å². The highest BCUT2D eigenvalue weighted by Gasteiger charge is 2.27. The number of furan rings is 1. The fourth-order valence-corrected chi connectivity index (χ4v) is 4.59. The third-order valence-corrected chi connectivity index (χ3v) is 5.94. The SMILES string of the molecule is CCn1c(-c2ccco2)nn(CN2CCC[C@H]2c2cccs2)c1=S. The predicted octanol–water partition coefficient (Wildman–Crippen LogP) is 4.55. The molecule has 1 aliphatic rings. The minimum Gasteiger partial charge on any atom is -0.461 e. The topological polar surface area (TPSA) is 39.1 Å². The number of aromatic nitrogens is 3. The molecule has 0 bridgehead atoms. The number of thiophene rings is 1. The van der Waals surface area contributed by atoms with Crippen LogP contribution < -0.4 is 0 Å². The first-order valence-electron chi connectivity index (χ1n) is 8.27. The molecule has 3 aromatic heterocycles. The van der Waals surface area contributed by atoms with Gasteiger partial charge in [0.1, 0.15) is 0 Å². The summed E-state index contributed by atoms with van der Waals surface area (Å²) in [5.41, 5.74) is 0. The minimum absolute atomic E-state index is 0.478. The lowest BCUT2D eigenvalue weighted by molar-refractivity contribution is 0.192. The molecule has 0 N–H and O–H groups in total. The molecule has 0 aromatic carbocycles. The van der Waals surface area contributed by atoms with E-state index in [9.17, 15) is 0 Å². The fraction of sp³-hybridized carbons (Fsp3) is 0.412. The second-order valence-corrected chi connectivity index (χ2v) is 7.30. The monoisotopic (exact) mass is 360 g/mol. The summed E-state index contributed by atoms with van der Waals surface area (Å²) in [6.07, 6.45) is 4.09. The summed E-state index contributed by atoms with van der Waals surface area (Å²) >= 11 is 7.49. The Labute approximate surface area is 150 Å². The third-order valence-electron chi connectivity index (χ3n) is 4.53. The summed E-state index contributed by atoms with van der Waals surface area (Å²) in [5.74, 6) is 1.57. The molecule has 0 unspecified atom stereocenters. The summed E-state index contributed by atoms with van der Waals surface area (Å²) in [7, 11) is 0. The number of nitrogens with zero attached hydrogens (tertiary/aromatic N) is 4. The molecule has 7 heteroatoms. The minimum atomic E-state index is 0.478. The van der Waals surface area contributed by atoms with E-state index in [1.165, 1.54) is 17.7 Å². The van der Waals surface area contributed by atoms with Gasteiger partial charge in [-0.2, -0.15) is 0 Å². The lowest BCUT2D eigenvalue weighted by atomic mass is 10.2. The molecule has 0 spiro atoms. The molecule has 4 rings (SSSR count). The Kier molecular flexibility index (Phi) is 4.39. The van der Waals surface area contributed by atoms with Crippen molar-refractivity contribution in [2.45, 2.75) is 39.0 Å². The van der Waals surface area contributed by atoms with Crippen molar-refractivity contribution >= 4 is 23.6 Å². The molecule has 0 radical (unpaired) electrons. The van der Waals surface area contributed by atoms with Crippen LogP contribution in [0.5, 0.6) is 0 Å².